The summed E-state index contributed by atoms with van der Waals surface area (Å²) in [4.78, 5) is 32.8. The summed E-state index contributed by atoms with van der Waals surface area (Å²) < 4.78 is 11.8. The molecule has 6 nitrogen and oxygen atoms in total. The van der Waals surface area contributed by atoms with Gasteiger partial charge in [0.25, 0.3) is 0 Å². The van der Waals surface area contributed by atoms with Crippen LogP contribution in [-0.4, -0.2) is 73.8 Å². The molecule has 48 heavy (non-hydrogen) atoms. The van der Waals surface area contributed by atoms with Gasteiger partial charge in [0.05, 0.1) is 13.2 Å². The van der Waals surface area contributed by atoms with Crippen LogP contribution in [0.15, 0.2) is 48.5 Å². The maximum atomic E-state index is 13.9. The number of hydrogen-bond donors (Lipinski definition) is 0. The summed E-state index contributed by atoms with van der Waals surface area (Å²) in [5.74, 6) is 2.12. The lowest BCUT2D eigenvalue weighted by atomic mass is 9.88. The summed E-state index contributed by atoms with van der Waals surface area (Å²) in [7, 11) is 0. The molecule has 6 heteroatoms. The van der Waals surface area contributed by atoms with Crippen LogP contribution in [0.3, 0.4) is 0 Å². The van der Waals surface area contributed by atoms with Gasteiger partial charge in [-0.2, -0.15) is 0 Å². The zero-order valence-electron chi connectivity index (χ0n) is 30.3. The zero-order valence-corrected chi connectivity index (χ0v) is 30.3. The normalized spacial score (nSPS) is 17.1. The number of ketones is 2. The van der Waals surface area contributed by atoms with Gasteiger partial charge in [0.1, 0.15) is 11.5 Å². The molecule has 0 aromatic heterocycles. The summed E-state index contributed by atoms with van der Waals surface area (Å²) in [6.07, 6.45) is 17.9. The molecule has 2 aliphatic heterocycles. The number of rotatable bonds is 23. The second-order valence-electron chi connectivity index (χ2n) is 14.3. The van der Waals surface area contributed by atoms with Crippen molar-refractivity contribution in [3.8, 4) is 11.5 Å². The lowest BCUT2D eigenvalue weighted by molar-refractivity contribution is 0.0833. The first kappa shape index (κ1) is 38.1. The predicted molar refractivity (Wildman–Crippen MR) is 198 cm³/mol. The van der Waals surface area contributed by atoms with E-state index >= 15 is 0 Å². The average Bonchev–Trinajstić information content (AvgIpc) is 3.13. The van der Waals surface area contributed by atoms with Gasteiger partial charge in [0, 0.05) is 36.1 Å². The Labute approximate surface area is 291 Å². The van der Waals surface area contributed by atoms with E-state index in [9.17, 15) is 9.59 Å². The number of carbonyl (C=O) groups excluding carboxylic acids is 2. The van der Waals surface area contributed by atoms with Crippen LogP contribution < -0.4 is 9.47 Å². The molecule has 0 saturated carbocycles. The Morgan fingerprint density at radius 1 is 0.542 bits per heavy atom. The van der Waals surface area contributed by atoms with Crippen LogP contribution in [0.4, 0.5) is 0 Å². The highest BCUT2D eigenvalue weighted by Crippen LogP contribution is 2.25. The molecule has 0 spiro atoms. The van der Waals surface area contributed by atoms with E-state index in [1.54, 1.807) is 0 Å². The summed E-state index contributed by atoms with van der Waals surface area (Å²) in [6.45, 7) is 11.8. The fraction of sp³-hybridized carbons (Fsp3) is 0.667. The van der Waals surface area contributed by atoms with Gasteiger partial charge >= 0.3 is 0 Å². The smallest absolute Gasteiger partial charge is 0.167 e. The fourth-order valence-electron chi connectivity index (χ4n) is 7.29. The maximum absolute atomic E-state index is 13.9. The second-order valence-corrected chi connectivity index (χ2v) is 14.3. The molecule has 4 rings (SSSR count). The van der Waals surface area contributed by atoms with Gasteiger partial charge in [-0.1, -0.05) is 65.2 Å². The summed E-state index contributed by atoms with van der Waals surface area (Å²) in [5.41, 5.74) is 1.57. The molecule has 0 amide bonds. The highest BCUT2D eigenvalue weighted by molar-refractivity contribution is 5.98. The molecule has 0 N–H and O–H groups in total. The van der Waals surface area contributed by atoms with Crippen LogP contribution in [0.1, 0.15) is 137 Å². The molecule has 0 radical (unpaired) electrons. The van der Waals surface area contributed by atoms with E-state index in [-0.39, 0.29) is 23.4 Å². The minimum absolute atomic E-state index is 0.0273. The van der Waals surface area contributed by atoms with Gasteiger partial charge in [-0.15, -0.1) is 0 Å². The summed E-state index contributed by atoms with van der Waals surface area (Å²) in [5, 5.41) is 0. The van der Waals surface area contributed by atoms with Gasteiger partial charge < -0.3 is 19.3 Å². The molecule has 2 atom stereocenters. The van der Waals surface area contributed by atoms with Crippen LogP contribution in [0, 0.1) is 11.8 Å². The highest BCUT2D eigenvalue weighted by Gasteiger charge is 2.26. The van der Waals surface area contributed by atoms with E-state index in [0.29, 0.717) is 0 Å². The molecule has 2 aromatic rings. The quantitative estimate of drug-likeness (QED) is 0.0874. The lowest BCUT2D eigenvalue weighted by Gasteiger charge is -2.31. The largest absolute Gasteiger partial charge is 0.494 e. The van der Waals surface area contributed by atoms with Crippen LogP contribution in [0.2, 0.25) is 0 Å². The Balaban J connectivity index is 1.35. The third-order valence-electron chi connectivity index (χ3n) is 10.3. The average molecular weight is 661 g/mol. The number of piperidine rings is 2. The second kappa shape index (κ2) is 22.1. The number of unbranched alkanes of at least 4 members (excludes halogenated alkanes) is 5. The first-order valence-electron chi connectivity index (χ1n) is 19.6. The number of benzene rings is 2. The fourth-order valence-corrected chi connectivity index (χ4v) is 7.29. The molecule has 0 bridgehead atoms. The predicted octanol–water partition coefficient (Wildman–Crippen LogP) is 9.65. The Bertz CT molecular complexity index is 1080. The van der Waals surface area contributed by atoms with E-state index in [4.69, 9.17) is 9.47 Å². The summed E-state index contributed by atoms with van der Waals surface area (Å²) in [6, 6.07) is 15.6. The van der Waals surface area contributed by atoms with Crippen molar-refractivity contribution in [2.75, 3.05) is 52.5 Å². The van der Waals surface area contributed by atoms with Crippen LogP contribution in [-0.2, 0) is 0 Å². The number of likely N-dealkylation sites (tertiary alicyclic amines) is 2. The molecule has 2 aliphatic rings. The number of nitrogens with zero attached hydrogens (tertiary/aromatic N) is 2. The van der Waals surface area contributed by atoms with E-state index in [1.165, 1.54) is 64.2 Å². The standard InChI is InChI=1S/C42H64N2O4/c1-3-5-15-31-47-39-23-19-35(20-24-39)41(45)37(33-43-27-11-7-12-28-43)17-9-10-18-38(34-44-29-13-8-14-30-44)42(46)36-21-25-40(26-22-36)48-32-16-6-4-2/h19-26,37-38H,3-18,27-34H2,1-2H3/t37-,38-/m1/s1. The van der Waals surface area contributed by atoms with Crippen LogP contribution in [0.5, 0.6) is 11.5 Å². The van der Waals surface area contributed by atoms with Gasteiger partial charge in [-0.3, -0.25) is 9.59 Å². The van der Waals surface area contributed by atoms with E-state index in [1.807, 2.05) is 48.5 Å². The first-order chi connectivity index (χ1) is 23.6. The Morgan fingerprint density at radius 2 is 0.917 bits per heavy atom. The van der Waals surface area contributed by atoms with Gasteiger partial charge in [-0.05, 0) is 126 Å². The zero-order chi connectivity index (χ0) is 33.8. The van der Waals surface area contributed by atoms with Crippen molar-refractivity contribution in [1.82, 2.24) is 9.80 Å². The monoisotopic (exact) mass is 660 g/mol. The first-order valence-corrected chi connectivity index (χ1v) is 19.6. The summed E-state index contributed by atoms with van der Waals surface area (Å²) >= 11 is 0. The number of carbonyl (C=O) groups is 2. The lowest BCUT2D eigenvalue weighted by Crippen LogP contribution is -2.37. The molecule has 2 saturated heterocycles. The SMILES string of the molecule is CCCCCOc1ccc(C(=O)[C@H](CCCC[C@H](CN2CCCCC2)C(=O)c2ccc(OCCCCC)cc2)CN2CCCCC2)cc1. The number of hydrogen-bond acceptors (Lipinski definition) is 6. The Hall–Kier alpha value is -2.70. The molecule has 266 valence electrons. The molecular weight excluding hydrogens is 596 g/mol. The van der Waals surface area contributed by atoms with Gasteiger partial charge in [-0.25, -0.2) is 0 Å². The van der Waals surface area contributed by atoms with Crippen molar-refractivity contribution >= 4 is 11.6 Å². The van der Waals surface area contributed by atoms with E-state index in [2.05, 4.69) is 23.6 Å². The highest BCUT2D eigenvalue weighted by atomic mass is 16.5. The van der Waals surface area contributed by atoms with Crippen molar-refractivity contribution < 1.29 is 19.1 Å². The molecule has 2 aromatic carbocycles. The van der Waals surface area contributed by atoms with Crippen LogP contribution in [0.25, 0.3) is 0 Å². The third kappa shape index (κ3) is 13.3. The van der Waals surface area contributed by atoms with E-state index < -0.39 is 0 Å². The minimum atomic E-state index is -0.0273. The Morgan fingerprint density at radius 3 is 1.27 bits per heavy atom. The minimum Gasteiger partial charge on any atom is -0.494 e. The third-order valence-corrected chi connectivity index (χ3v) is 10.3. The molecule has 0 aliphatic carbocycles. The molecule has 0 unspecified atom stereocenters. The maximum Gasteiger partial charge on any atom is 0.167 e. The molecule has 2 fully saturated rings. The van der Waals surface area contributed by atoms with Crippen molar-refractivity contribution in [3.63, 3.8) is 0 Å². The van der Waals surface area contributed by atoms with Crippen molar-refractivity contribution in [2.24, 2.45) is 11.8 Å². The topological polar surface area (TPSA) is 59.1 Å². The van der Waals surface area contributed by atoms with Gasteiger partial charge in [0.15, 0.2) is 11.6 Å². The number of Topliss-reactive ketones (excluding diaryl/α,β-unsaturated/α-hetero) is 2. The number of ether oxygens (including phenoxy) is 2. The Kier molecular flexibility index (Phi) is 17.5. The van der Waals surface area contributed by atoms with Crippen LogP contribution >= 0.6 is 0 Å². The van der Waals surface area contributed by atoms with Crippen molar-refractivity contribution in [2.45, 2.75) is 117 Å². The van der Waals surface area contributed by atoms with Crippen molar-refractivity contribution in [3.05, 3.63) is 59.7 Å². The van der Waals surface area contributed by atoms with Gasteiger partial charge in [0.2, 0.25) is 0 Å². The molecule has 2 heterocycles. The molecular formula is C42H64N2O4. The van der Waals surface area contributed by atoms with E-state index in [0.717, 1.165) is 114 Å². The van der Waals surface area contributed by atoms with Crippen molar-refractivity contribution in [1.29, 1.82) is 0 Å².